The third-order valence-electron chi connectivity index (χ3n) is 2.95. The average Bonchev–Trinajstić information content (AvgIpc) is 2.48. The van der Waals surface area contributed by atoms with Gasteiger partial charge >= 0.3 is 0 Å². The van der Waals surface area contributed by atoms with Crippen LogP contribution in [0.25, 0.3) is 0 Å². The van der Waals surface area contributed by atoms with Crippen LogP contribution in [0.15, 0.2) is 53.4 Å². The van der Waals surface area contributed by atoms with Crippen LogP contribution in [0, 0.1) is 0 Å². The highest BCUT2D eigenvalue weighted by Gasteiger charge is 2.03. The maximum absolute atomic E-state index is 6.00. The molecule has 0 unspecified atom stereocenters. The predicted molar refractivity (Wildman–Crippen MR) is 86.7 cm³/mol. The molecule has 0 bridgehead atoms. The quantitative estimate of drug-likeness (QED) is 0.589. The van der Waals surface area contributed by atoms with Crippen LogP contribution >= 0.6 is 11.8 Å². The number of hydrogen-bond donors (Lipinski definition) is 1. The van der Waals surface area contributed by atoms with Crippen molar-refractivity contribution < 1.29 is 4.74 Å². The molecule has 2 aromatic rings. The van der Waals surface area contributed by atoms with Gasteiger partial charge in [-0.25, -0.2) is 0 Å². The van der Waals surface area contributed by atoms with Gasteiger partial charge < -0.3 is 10.1 Å². The fourth-order valence-corrected chi connectivity index (χ4v) is 2.48. The summed E-state index contributed by atoms with van der Waals surface area (Å²) in [6.45, 7) is 4.10. The lowest BCUT2D eigenvalue weighted by molar-refractivity contribution is 0.470. The standard InChI is InChI=1S/C17H21NOS/c1-3-11-18-13-14-7-6-8-15(12-14)19-16-9-4-5-10-17(16)20-2/h4-10,12,18H,3,11,13H2,1-2H3. The molecule has 106 valence electrons. The smallest absolute Gasteiger partial charge is 0.140 e. The van der Waals surface area contributed by atoms with Crippen LogP contribution in [0.2, 0.25) is 0 Å². The van der Waals surface area contributed by atoms with E-state index in [2.05, 4.69) is 36.7 Å². The summed E-state index contributed by atoms with van der Waals surface area (Å²) in [6, 6.07) is 16.4. The van der Waals surface area contributed by atoms with E-state index in [4.69, 9.17) is 4.74 Å². The van der Waals surface area contributed by atoms with Crippen LogP contribution in [-0.4, -0.2) is 12.8 Å². The Hall–Kier alpha value is -1.45. The van der Waals surface area contributed by atoms with Crippen molar-refractivity contribution in [2.45, 2.75) is 24.8 Å². The second-order valence-electron chi connectivity index (χ2n) is 4.58. The molecular weight excluding hydrogens is 266 g/mol. The first-order valence-electron chi connectivity index (χ1n) is 6.94. The minimum Gasteiger partial charge on any atom is -0.456 e. The van der Waals surface area contributed by atoms with Crippen LogP contribution in [0.1, 0.15) is 18.9 Å². The normalized spacial score (nSPS) is 10.5. The van der Waals surface area contributed by atoms with Gasteiger partial charge in [-0.15, -0.1) is 11.8 Å². The molecule has 0 aromatic heterocycles. The topological polar surface area (TPSA) is 21.3 Å². The summed E-state index contributed by atoms with van der Waals surface area (Å²) < 4.78 is 6.00. The van der Waals surface area contributed by atoms with Gasteiger partial charge in [0.05, 0.1) is 0 Å². The lowest BCUT2D eigenvalue weighted by atomic mass is 10.2. The molecule has 0 heterocycles. The van der Waals surface area contributed by atoms with E-state index < -0.39 is 0 Å². The molecule has 3 heteroatoms. The molecule has 0 aliphatic heterocycles. The average molecular weight is 287 g/mol. The Balaban J connectivity index is 2.07. The first-order valence-corrected chi connectivity index (χ1v) is 8.16. The van der Waals surface area contributed by atoms with Crippen LogP contribution in [-0.2, 0) is 6.54 Å². The van der Waals surface area contributed by atoms with Crippen molar-refractivity contribution in [1.82, 2.24) is 5.32 Å². The molecule has 1 N–H and O–H groups in total. The van der Waals surface area contributed by atoms with Gasteiger partial charge in [0.1, 0.15) is 11.5 Å². The highest BCUT2D eigenvalue weighted by atomic mass is 32.2. The van der Waals surface area contributed by atoms with E-state index in [0.717, 1.165) is 35.9 Å². The summed E-state index contributed by atoms with van der Waals surface area (Å²) in [7, 11) is 0. The Morgan fingerprint density at radius 2 is 1.95 bits per heavy atom. The van der Waals surface area contributed by atoms with Crippen molar-refractivity contribution in [3.8, 4) is 11.5 Å². The predicted octanol–water partition coefficient (Wildman–Crippen LogP) is 4.70. The number of hydrogen-bond acceptors (Lipinski definition) is 3. The molecule has 2 nitrogen and oxygen atoms in total. The molecule has 0 fully saturated rings. The molecule has 0 amide bonds. The fraction of sp³-hybridized carbons (Fsp3) is 0.294. The van der Waals surface area contributed by atoms with Gasteiger partial charge in [0.25, 0.3) is 0 Å². The zero-order chi connectivity index (χ0) is 14.2. The molecule has 2 aromatic carbocycles. The number of ether oxygens (including phenoxy) is 1. The number of rotatable bonds is 7. The fourth-order valence-electron chi connectivity index (χ4n) is 1.96. The summed E-state index contributed by atoms with van der Waals surface area (Å²) in [6.07, 6.45) is 3.21. The van der Waals surface area contributed by atoms with Crippen molar-refractivity contribution in [1.29, 1.82) is 0 Å². The lowest BCUT2D eigenvalue weighted by Crippen LogP contribution is -2.13. The summed E-state index contributed by atoms with van der Waals surface area (Å²) >= 11 is 1.70. The summed E-state index contributed by atoms with van der Waals surface area (Å²) in [5.41, 5.74) is 1.25. The van der Waals surface area contributed by atoms with Crippen molar-refractivity contribution >= 4 is 11.8 Å². The Morgan fingerprint density at radius 1 is 1.10 bits per heavy atom. The summed E-state index contributed by atoms with van der Waals surface area (Å²) in [5.74, 6) is 1.81. The molecule has 2 rings (SSSR count). The van der Waals surface area contributed by atoms with E-state index in [1.54, 1.807) is 11.8 Å². The van der Waals surface area contributed by atoms with Crippen molar-refractivity contribution in [2.75, 3.05) is 12.8 Å². The summed E-state index contributed by atoms with van der Waals surface area (Å²) in [4.78, 5) is 1.15. The van der Waals surface area contributed by atoms with Gasteiger partial charge in [-0.05, 0) is 49.1 Å². The Kier molecular flexibility index (Phi) is 5.96. The first kappa shape index (κ1) is 14.9. The molecule has 0 atom stereocenters. The van der Waals surface area contributed by atoms with Gasteiger partial charge in [-0.1, -0.05) is 31.2 Å². The van der Waals surface area contributed by atoms with E-state index in [0.29, 0.717) is 0 Å². The molecule has 20 heavy (non-hydrogen) atoms. The van der Waals surface area contributed by atoms with Crippen LogP contribution in [0.4, 0.5) is 0 Å². The molecule has 0 aliphatic rings. The van der Waals surface area contributed by atoms with Gasteiger partial charge in [0.15, 0.2) is 0 Å². The van der Waals surface area contributed by atoms with Crippen molar-refractivity contribution in [2.24, 2.45) is 0 Å². The van der Waals surface area contributed by atoms with E-state index in [1.165, 1.54) is 5.56 Å². The molecule has 0 spiro atoms. The minimum absolute atomic E-state index is 0.884. The Morgan fingerprint density at radius 3 is 2.75 bits per heavy atom. The monoisotopic (exact) mass is 287 g/mol. The van der Waals surface area contributed by atoms with Crippen molar-refractivity contribution in [3.05, 3.63) is 54.1 Å². The molecule has 0 radical (unpaired) electrons. The van der Waals surface area contributed by atoms with E-state index in [-0.39, 0.29) is 0 Å². The Labute approximate surface area is 125 Å². The van der Waals surface area contributed by atoms with Crippen molar-refractivity contribution in [3.63, 3.8) is 0 Å². The maximum Gasteiger partial charge on any atom is 0.140 e. The van der Waals surface area contributed by atoms with Crippen LogP contribution < -0.4 is 10.1 Å². The first-order chi connectivity index (χ1) is 9.83. The second-order valence-corrected chi connectivity index (χ2v) is 5.43. The zero-order valence-corrected chi connectivity index (χ0v) is 12.9. The Bertz CT molecular complexity index is 542. The number of nitrogens with one attached hydrogen (secondary N) is 1. The number of para-hydroxylation sites is 1. The number of thioether (sulfide) groups is 1. The zero-order valence-electron chi connectivity index (χ0n) is 12.1. The van der Waals surface area contributed by atoms with Crippen LogP contribution in [0.5, 0.6) is 11.5 Å². The highest BCUT2D eigenvalue weighted by molar-refractivity contribution is 7.98. The minimum atomic E-state index is 0.884. The third kappa shape index (κ3) is 4.29. The van der Waals surface area contributed by atoms with Gasteiger partial charge in [0.2, 0.25) is 0 Å². The maximum atomic E-state index is 6.00. The molecule has 0 saturated carbocycles. The largest absolute Gasteiger partial charge is 0.456 e. The highest BCUT2D eigenvalue weighted by Crippen LogP contribution is 2.31. The summed E-state index contributed by atoms with van der Waals surface area (Å²) in [5, 5.41) is 3.41. The third-order valence-corrected chi connectivity index (χ3v) is 3.73. The van der Waals surface area contributed by atoms with E-state index >= 15 is 0 Å². The molecular formula is C17H21NOS. The lowest BCUT2D eigenvalue weighted by Gasteiger charge is -2.11. The molecule has 0 aliphatic carbocycles. The molecule has 0 saturated heterocycles. The number of benzene rings is 2. The second kappa shape index (κ2) is 7.98. The van der Waals surface area contributed by atoms with E-state index in [1.807, 2.05) is 30.3 Å². The van der Waals surface area contributed by atoms with E-state index in [9.17, 15) is 0 Å². The van der Waals surface area contributed by atoms with Crippen LogP contribution in [0.3, 0.4) is 0 Å². The van der Waals surface area contributed by atoms with Gasteiger partial charge in [-0.2, -0.15) is 0 Å². The SMILES string of the molecule is CCCNCc1cccc(Oc2ccccc2SC)c1. The van der Waals surface area contributed by atoms with Gasteiger partial charge in [0, 0.05) is 11.4 Å². The van der Waals surface area contributed by atoms with Gasteiger partial charge in [-0.3, -0.25) is 0 Å².